The third kappa shape index (κ3) is 1.57. The zero-order valence-electron chi connectivity index (χ0n) is 6.77. The standard InChI is InChI=1S/C9H11NO2/c1-2-5-9(6-3-1)10-11-7-4-8-12-10/h1-3,5-6H,4,7-8H2. The summed E-state index contributed by atoms with van der Waals surface area (Å²) in [7, 11) is 0. The van der Waals surface area contributed by atoms with Crippen LogP contribution in [0.2, 0.25) is 0 Å². The van der Waals surface area contributed by atoms with Gasteiger partial charge in [-0.05, 0) is 18.6 Å². The first kappa shape index (κ1) is 7.58. The lowest BCUT2D eigenvalue weighted by molar-refractivity contribution is -0.129. The summed E-state index contributed by atoms with van der Waals surface area (Å²) < 4.78 is 0. The van der Waals surface area contributed by atoms with Gasteiger partial charge in [0.15, 0.2) is 0 Å². The van der Waals surface area contributed by atoms with E-state index in [-0.39, 0.29) is 0 Å². The summed E-state index contributed by atoms with van der Waals surface area (Å²) in [5.74, 6) is 0. The number of benzene rings is 1. The molecule has 0 spiro atoms. The molecule has 1 heterocycles. The summed E-state index contributed by atoms with van der Waals surface area (Å²) in [5.41, 5.74) is 0.942. The number of rotatable bonds is 1. The van der Waals surface area contributed by atoms with Crippen molar-refractivity contribution in [3.8, 4) is 0 Å². The van der Waals surface area contributed by atoms with E-state index in [0.717, 1.165) is 25.3 Å². The highest BCUT2D eigenvalue weighted by atomic mass is 17.0. The van der Waals surface area contributed by atoms with Gasteiger partial charge in [0, 0.05) is 0 Å². The van der Waals surface area contributed by atoms with E-state index in [4.69, 9.17) is 9.68 Å². The molecule has 1 aliphatic rings. The molecule has 1 aliphatic heterocycles. The largest absolute Gasteiger partial charge is 0.248 e. The van der Waals surface area contributed by atoms with Crippen molar-refractivity contribution in [3.63, 3.8) is 0 Å². The molecule has 0 N–H and O–H groups in total. The van der Waals surface area contributed by atoms with Crippen LogP contribution in [-0.2, 0) is 9.68 Å². The average Bonchev–Trinajstić information content (AvgIpc) is 2.21. The second kappa shape index (κ2) is 3.56. The van der Waals surface area contributed by atoms with Gasteiger partial charge in [0.25, 0.3) is 0 Å². The van der Waals surface area contributed by atoms with E-state index in [1.807, 2.05) is 30.3 Å². The Bertz CT molecular complexity index is 232. The molecule has 0 atom stereocenters. The summed E-state index contributed by atoms with van der Waals surface area (Å²) >= 11 is 0. The molecule has 0 saturated carbocycles. The number of para-hydroxylation sites is 1. The summed E-state index contributed by atoms with van der Waals surface area (Å²) in [6.45, 7) is 1.46. The van der Waals surface area contributed by atoms with Crippen molar-refractivity contribution in [2.45, 2.75) is 6.42 Å². The fourth-order valence-electron chi connectivity index (χ4n) is 1.09. The molecule has 1 aromatic carbocycles. The van der Waals surface area contributed by atoms with E-state index in [0.29, 0.717) is 0 Å². The molecular formula is C9H11NO2. The van der Waals surface area contributed by atoms with Crippen LogP contribution in [0.15, 0.2) is 30.3 Å². The zero-order chi connectivity index (χ0) is 8.23. The van der Waals surface area contributed by atoms with E-state index in [9.17, 15) is 0 Å². The van der Waals surface area contributed by atoms with Gasteiger partial charge in [0.1, 0.15) is 0 Å². The van der Waals surface area contributed by atoms with Gasteiger partial charge >= 0.3 is 0 Å². The Labute approximate surface area is 71.4 Å². The maximum atomic E-state index is 5.28. The first-order valence-electron chi connectivity index (χ1n) is 4.08. The minimum atomic E-state index is 0.731. The second-order valence-corrected chi connectivity index (χ2v) is 2.61. The van der Waals surface area contributed by atoms with Gasteiger partial charge in [-0.2, -0.15) is 0 Å². The Hall–Kier alpha value is -1.06. The van der Waals surface area contributed by atoms with E-state index in [1.54, 1.807) is 0 Å². The predicted molar refractivity (Wildman–Crippen MR) is 45.4 cm³/mol. The van der Waals surface area contributed by atoms with E-state index < -0.39 is 0 Å². The number of hydrogen-bond acceptors (Lipinski definition) is 3. The highest BCUT2D eigenvalue weighted by molar-refractivity contribution is 5.40. The first-order chi connectivity index (χ1) is 5.97. The van der Waals surface area contributed by atoms with Crippen LogP contribution in [0.5, 0.6) is 0 Å². The van der Waals surface area contributed by atoms with Crippen LogP contribution < -0.4 is 5.23 Å². The second-order valence-electron chi connectivity index (χ2n) is 2.61. The van der Waals surface area contributed by atoms with Crippen molar-refractivity contribution in [2.24, 2.45) is 0 Å². The topological polar surface area (TPSA) is 21.7 Å². The normalized spacial score (nSPS) is 17.8. The summed E-state index contributed by atoms with van der Waals surface area (Å²) in [5, 5.41) is 1.48. The molecule has 0 aromatic heterocycles. The Morgan fingerprint density at radius 2 is 1.67 bits per heavy atom. The minimum Gasteiger partial charge on any atom is -0.248 e. The molecular weight excluding hydrogens is 154 g/mol. The quantitative estimate of drug-likeness (QED) is 0.633. The Kier molecular flexibility index (Phi) is 2.25. The monoisotopic (exact) mass is 165 g/mol. The lowest BCUT2D eigenvalue weighted by atomic mass is 10.3. The predicted octanol–water partition coefficient (Wildman–Crippen LogP) is 1.76. The van der Waals surface area contributed by atoms with Crippen molar-refractivity contribution in [1.82, 2.24) is 0 Å². The van der Waals surface area contributed by atoms with Gasteiger partial charge in [-0.25, -0.2) is 9.68 Å². The lowest BCUT2D eigenvalue weighted by Crippen LogP contribution is -2.30. The van der Waals surface area contributed by atoms with Crippen molar-refractivity contribution in [1.29, 1.82) is 0 Å². The Balaban J connectivity index is 2.08. The van der Waals surface area contributed by atoms with Gasteiger partial charge in [0.05, 0.1) is 18.9 Å². The van der Waals surface area contributed by atoms with Crippen LogP contribution in [-0.4, -0.2) is 13.2 Å². The number of hydrogen-bond donors (Lipinski definition) is 0. The Morgan fingerprint density at radius 1 is 1.00 bits per heavy atom. The van der Waals surface area contributed by atoms with Gasteiger partial charge in [0.2, 0.25) is 0 Å². The Morgan fingerprint density at radius 3 is 2.33 bits per heavy atom. The number of anilines is 1. The molecule has 64 valence electrons. The van der Waals surface area contributed by atoms with Gasteiger partial charge in [-0.15, -0.1) is 5.23 Å². The molecule has 3 heteroatoms. The fourth-order valence-corrected chi connectivity index (χ4v) is 1.09. The third-order valence-electron chi connectivity index (χ3n) is 1.67. The molecule has 1 saturated heterocycles. The van der Waals surface area contributed by atoms with E-state index in [1.165, 1.54) is 5.23 Å². The van der Waals surface area contributed by atoms with Crippen molar-refractivity contribution < 1.29 is 9.68 Å². The lowest BCUT2D eigenvalue weighted by Gasteiger charge is -2.26. The first-order valence-corrected chi connectivity index (χ1v) is 4.08. The van der Waals surface area contributed by atoms with Crippen LogP contribution in [0.25, 0.3) is 0 Å². The fraction of sp³-hybridized carbons (Fsp3) is 0.333. The molecule has 3 nitrogen and oxygen atoms in total. The maximum Gasteiger partial charge on any atom is 0.0947 e. The van der Waals surface area contributed by atoms with Crippen molar-refractivity contribution >= 4 is 5.69 Å². The summed E-state index contributed by atoms with van der Waals surface area (Å²) in [6.07, 6.45) is 0.962. The van der Waals surface area contributed by atoms with Crippen molar-refractivity contribution in [2.75, 3.05) is 18.4 Å². The van der Waals surface area contributed by atoms with Crippen LogP contribution >= 0.6 is 0 Å². The summed E-state index contributed by atoms with van der Waals surface area (Å²) in [4.78, 5) is 10.6. The number of nitrogens with zero attached hydrogens (tertiary/aromatic N) is 1. The summed E-state index contributed by atoms with van der Waals surface area (Å²) in [6, 6.07) is 9.78. The van der Waals surface area contributed by atoms with Crippen LogP contribution in [0.3, 0.4) is 0 Å². The van der Waals surface area contributed by atoms with Crippen LogP contribution in [0, 0.1) is 0 Å². The molecule has 0 aliphatic carbocycles. The average molecular weight is 165 g/mol. The molecule has 1 fully saturated rings. The van der Waals surface area contributed by atoms with Crippen LogP contribution in [0.4, 0.5) is 5.69 Å². The minimum absolute atomic E-state index is 0.731. The maximum absolute atomic E-state index is 5.28. The van der Waals surface area contributed by atoms with Gasteiger partial charge in [-0.3, -0.25) is 0 Å². The van der Waals surface area contributed by atoms with Crippen molar-refractivity contribution in [3.05, 3.63) is 30.3 Å². The van der Waals surface area contributed by atoms with Gasteiger partial charge < -0.3 is 0 Å². The van der Waals surface area contributed by atoms with E-state index in [2.05, 4.69) is 0 Å². The van der Waals surface area contributed by atoms with E-state index >= 15 is 0 Å². The highest BCUT2D eigenvalue weighted by Crippen LogP contribution is 2.16. The third-order valence-corrected chi connectivity index (χ3v) is 1.67. The molecule has 0 bridgehead atoms. The molecule has 0 radical (unpaired) electrons. The zero-order valence-corrected chi connectivity index (χ0v) is 6.77. The van der Waals surface area contributed by atoms with Crippen LogP contribution in [0.1, 0.15) is 6.42 Å². The molecule has 12 heavy (non-hydrogen) atoms. The van der Waals surface area contributed by atoms with Gasteiger partial charge in [-0.1, -0.05) is 18.2 Å². The molecule has 0 amide bonds. The highest BCUT2D eigenvalue weighted by Gasteiger charge is 2.11. The smallest absolute Gasteiger partial charge is 0.0947 e. The molecule has 1 aromatic rings. The SMILES string of the molecule is c1ccc(N2OCCCO2)cc1. The molecule has 2 rings (SSSR count). The molecule has 0 unspecified atom stereocenters.